The van der Waals surface area contributed by atoms with E-state index in [2.05, 4.69) is 5.32 Å². The third kappa shape index (κ3) is 3.70. The first-order valence-electron chi connectivity index (χ1n) is 5.03. The van der Waals surface area contributed by atoms with Crippen LogP contribution in [0.2, 0.25) is 0 Å². The maximum Gasteiger partial charge on any atom is 0.390 e. The summed E-state index contributed by atoms with van der Waals surface area (Å²) in [6.45, 7) is 2.73. The van der Waals surface area contributed by atoms with Crippen molar-refractivity contribution in [3.8, 4) is 0 Å². The van der Waals surface area contributed by atoms with Crippen molar-refractivity contribution in [3.63, 3.8) is 0 Å². The molecule has 0 aromatic heterocycles. The SMILES string of the molecule is CCNC1CCN(CCC(F)(F)F)C1=O. The fourth-order valence-corrected chi connectivity index (χ4v) is 1.66. The molecule has 0 radical (unpaired) electrons. The normalized spacial score (nSPS) is 22.5. The fraction of sp³-hybridized carbons (Fsp3) is 0.889. The number of alkyl halides is 3. The first-order chi connectivity index (χ1) is 6.94. The zero-order valence-electron chi connectivity index (χ0n) is 8.60. The predicted octanol–water partition coefficient (Wildman–Crippen LogP) is 1.15. The number of nitrogens with one attached hydrogen (secondary N) is 1. The molecule has 0 aromatic carbocycles. The van der Waals surface area contributed by atoms with E-state index < -0.39 is 12.6 Å². The number of carbonyl (C=O) groups is 1. The van der Waals surface area contributed by atoms with Crippen molar-refractivity contribution in [1.82, 2.24) is 10.2 Å². The number of carbonyl (C=O) groups excluding carboxylic acids is 1. The third-order valence-electron chi connectivity index (χ3n) is 2.41. The Balaban J connectivity index is 2.36. The minimum atomic E-state index is -4.18. The number of likely N-dealkylation sites (N-methyl/N-ethyl adjacent to an activating group) is 1. The van der Waals surface area contributed by atoms with Crippen molar-refractivity contribution in [1.29, 1.82) is 0 Å². The van der Waals surface area contributed by atoms with Crippen molar-refractivity contribution in [3.05, 3.63) is 0 Å². The van der Waals surface area contributed by atoms with E-state index in [4.69, 9.17) is 0 Å². The lowest BCUT2D eigenvalue weighted by atomic mass is 10.2. The number of nitrogens with zero attached hydrogens (tertiary/aromatic N) is 1. The molecule has 1 amide bonds. The molecule has 3 nitrogen and oxygen atoms in total. The Morgan fingerprint density at radius 1 is 1.53 bits per heavy atom. The average Bonchev–Trinajstić information content (AvgIpc) is 2.45. The summed E-state index contributed by atoms with van der Waals surface area (Å²) in [5.74, 6) is -0.207. The fourth-order valence-electron chi connectivity index (χ4n) is 1.66. The van der Waals surface area contributed by atoms with Crippen molar-refractivity contribution in [2.75, 3.05) is 19.6 Å². The van der Waals surface area contributed by atoms with E-state index >= 15 is 0 Å². The highest BCUT2D eigenvalue weighted by atomic mass is 19.4. The lowest BCUT2D eigenvalue weighted by Gasteiger charge is -2.17. The van der Waals surface area contributed by atoms with E-state index in [-0.39, 0.29) is 18.5 Å². The largest absolute Gasteiger partial charge is 0.390 e. The Kier molecular flexibility index (Phi) is 3.96. The van der Waals surface area contributed by atoms with Crippen molar-refractivity contribution in [2.24, 2.45) is 0 Å². The van der Waals surface area contributed by atoms with Crippen LogP contribution in [0.5, 0.6) is 0 Å². The summed E-state index contributed by atoms with van der Waals surface area (Å²) in [4.78, 5) is 12.8. The van der Waals surface area contributed by atoms with Crippen LogP contribution < -0.4 is 5.32 Å². The highest BCUT2D eigenvalue weighted by molar-refractivity contribution is 5.83. The van der Waals surface area contributed by atoms with Crippen molar-refractivity contribution >= 4 is 5.91 Å². The van der Waals surface area contributed by atoms with Crippen LogP contribution in [0.25, 0.3) is 0 Å². The summed E-state index contributed by atoms with van der Waals surface area (Å²) in [6, 6.07) is -0.289. The topological polar surface area (TPSA) is 32.3 Å². The van der Waals surface area contributed by atoms with Crippen LogP contribution in [0, 0.1) is 0 Å². The van der Waals surface area contributed by atoms with Crippen molar-refractivity contribution in [2.45, 2.75) is 32.0 Å². The molecule has 1 saturated heterocycles. The molecule has 1 unspecified atom stereocenters. The predicted molar refractivity (Wildman–Crippen MR) is 49.3 cm³/mol. The van der Waals surface area contributed by atoms with Gasteiger partial charge in [-0.3, -0.25) is 4.79 Å². The zero-order valence-corrected chi connectivity index (χ0v) is 8.60. The van der Waals surface area contributed by atoms with Crippen molar-refractivity contribution < 1.29 is 18.0 Å². The molecule has 15 heavy (non-hydrogen) atoms. The van der Waals surface area contributed by atoms with Gasteiger partial charge in [0.15, 0.2) is 0 Å². The number of likely N-dealkylation sites (tertiary alicyclic amines) is 1. The smallest absolute Gasteiger partial charge is 0.341 e. The maximum absolute atomic E-state index is 11.9. The summed E-state index contributed by atoms with van der Waals surface area (Å²) >= 11 is 0. The van der Waals surface area contributed by atoms with Gasteiger partial charge in [-0.05, 0) is 13.0 Å². The van der Waals surface area contributed by atoms with Crippen LogP contribution in [-0.4, -0.2) is 42.7 Å². The minimum Gasteiger partial charge on any atom is -0.341 e. The Morgan fingerprint density at radius 3 is 2.73 bits per heavy atom. The molecule has 6 heteroatoms. The average molecular weight is 224 g/mol. The van der Waals surface area contributed by atoms with Crippen LogP contribution in [0.15, 0.2) is 0 Å². The van der Waals surface area contributed by atoms with Crippen LogP contribution in [0.3, 0.4) is 0 Å². The Morgan fingerprint density at radius 2 is 2.20 bits per heavy atom. The van der Waals surface area contributed by atoms with Gasteiger partial charge in [0, 0.05) is 13.1 Å². The van der Waals surface area contributed by atoms with E-state index in [0.29, 0.717) is 19.5 Å². The molecule has 0 aromatic rings. The summed E-state index contributed by atoms with van der Waals surface area (Å²) in [5.41, 5.74) is 0. The Bertz CT molecular complexity index is 230. The molecule has 1 aliphatic heterocycles. The number of hydrogen-bond acceptors (Lipinski definition) is 2. The second-order valence-electron chi connectivity index (χ2n) is 3.59. The van der Waals surface area contributed by atoms with E-state index in [1.165, 1.54) is 4.90 Å². The van der Waals surface area contributed by atoms with Gasteiger partial charge in [0.25, 0.3) is 0 Å². The second-order valence-corrected chi connectivity index (χ2v) is 3.59. The highest BCUT2D eigenvalue weighted by Crippen LogP contribution is 2.21. The molecule has 88 valence electrons. The molecule has 1 heterocycles. The Labute approximate surface area is 86.6 Å². The standard InChI is InChI=1S/C9H15F3N2O/c1-2-13-7-3-5-14(8(7)15)6-4-9(10,11)12/h7,13H,2-6H2,1H3. The molecular weight excluding hydrogens is 209 g/mol. The van der Waals surface area contributed by atoms with Gasteiger partial charge in [-0.15, -0.1) is 0 Å². The van der Waals surface area contributed by atoms with E-state index in [0.717, 1.165) is 0 Å². The molecule has 1 fully saturated rings. The molecular formula is C9H15F3N2O. The van der Waals surface area contributed by atoms with Gasteiger partial charge >= 0.3 is 6.18 Å². The number of amides is 1. The second kappa shape index (κ2) is 4.83. The molecule has 1 rings (SSSR count). The van der Waals surface area contributed by atoms with Gasteiger partial charge in [-0.25, -0.2) is 0 Å². The molecule has 1 atom stereocenters. The molecule has 0 saturated carbocycles. The van der Waals surface area contributed by atoms with Crippen LogP contribution in [0.4, 0.5) is 13.2 Å². The highest BCUT2D eigenvalue weighted by Gasteiger charge is 2.34. The zero-order chi connectivity index (χ0) is 11.5. The molecule has 1 aliphatic rings. The van der Waals surface area contributed by atoms with E-state index in [1.807, 2.05) is 6.92 Å². The Hall–Kier alpha value is -0.780. The summed E-state index contributed by atoms with van der Waals surface area (Å²) in [7, 11) is 0. The van der Waals surface area contributed by atoms with Crippen LogP contribution >= 0.6 is 0 Å². The van der Waals surface area contributed by atoms with E-state index in [1.54, 1.807) is 0 Å². The van der Waals surface area contributed by atoms with Gasteiger partial charge in [0.05, 0.1) is 12.5 Å². The van der Waals surface area contributed by atoms with Gasteiger partial charge in [0.2, 0.25) is 5.91 Å². The molecule has 1 N–H and O–H groups in total. The first kappa shape index (κ1) is 12.3. The number of halogens is 3. The lowest BCUT2D eigenvalue weighted by molar-refractivity contribution is -0.143. The van der Waals surface area contributed by atoms with Crippen LogP contribution in [0.1, 0.15) is 19.8 Å². The first-order valence-corrected chi connectivity index (χ1v) is 5.03. The van der Waals surface area contributed by atoms with Gasteiger partial charge in [0.1, 0.15) is 0 Å². The molecule has 0 spiro atoms. The number of hydrogen-bond donors (Lipinski definition) is 1. The number of rotatable bonds is 4. The quantitative estimate of drug-likeness (QED) is 0.777. The molecule has 0 aliphatic carbocycles. The molecule has 0 bridgehead atoms. The lowest BCUT2D eigenvalue weighted by Crippen LogP contribution is -2.39. The minimum absolute atomic E-state index is 0.207. The summed E-state index contributed by atoms with van der Waals surface area (Å²) < 4.78 is 35.8. The maximum atomic E-state index is 11.9. The van der Waals surface area contributed by atoms with Gasteiger partial charge in [-0.2, -0.15) is 13.2 Å². The summed E-state index contributed by atoms with van der Waals surface area (Å²) in [6.07, 6.45) is -4.50. The van der Waals surface area contributed by atoms with E-state index in [9.17, 15) is 18.0 Å². The van der Waals surface area contributed by atoms with Gasteiger partial charge in [-0.1, -0.05) is 6.92 Å². The third-order valence-corrected chi connectivity index (χ3v) is 2.41. The monoisotopic (exact) mass is 224 g/mol. The summed E-state index contributed by atoms with van der Waals surface area (Å²) in [5, 5.41) is 2.95. The van der Waals surface area contributed by atoms with Gasteiger partial charge < -0.3 is 10.2 Å². The van der Waals surface area contributed by atoms with Crippen LogP contribution in [-0.2, 0) is 4.79 Å².